The quantitative estimate of drug-likeness (QED) is 0.0966. The van der Waals surface area contributed by atoms with Gasteiger partial charge in [-0.15, -0.1) is 11.8 Å². The highest BCUT2D eigenvalue weighted by molar-refractivity contribution is 8.01. The summed E-state index contributed by atoms with van der Waals surface area (Å²) in [6.45, 7) is 2.72. The fourth-order valence-corrected chi connectivity index (χ4v) is 6.33. The van der Waals surface area contributed by atoms with Gasteiger partial charge in [0.25, 0.3) is 0 Å². The zero-order chi connectivity index (χ0) is 30.5. The largest absolute Gasteiger partial charge is 0.741 e. The summed E-state index contributed by atoms with van der Waals surface area (Å²) in [7, 11) is -6.09. The van der Waals surface area contributed by atoms with Crippen LogP contribution in [-0.4, -0.2) is 51.4 Å². The fraction of sp³-hybridized carbons (Fsp3) is 0.276. The van der Waals surface area contributed by atoms with Crippen LogP contribution in [0.1, 0.15) is 30.6 Å². The van der Waals surface area contributed by atoms with E-state index in [1.165, 1.54) is 0 Å². The molecule has 0 saturated carbocycles. The number of pyridine rings is 1. The number of β-lactam (4-membered cyclic amide) rings is 1. The van der Waals surface area contributed by atoms with Gasteiger partial charge in [0.15, 0.2) is 35.2 Å². The number of hydrogen-bond acceptors (Lipinski definition) is 7. The van der Waals surface area contributed by atoms with Crippen LogP contribution in [0.25, 0.3) is 0 Å². The third-order valence-electron chi connectivity index (χ3n) is 6.65. The average molecular weight is 621 g/mol. The van der Waals surface area contributed by atoms with E-state index in [2.05, 4.69) is 16.7 Å². The van der Waals surface area contributed by atoms with Gasteiger partial charge in [-0.05, 0) is 24.1 Å². The van der Waals surface area contributed by atoms with E-state index >= 15 is 0 Å². The zero-order valence-electron chi connectivity index (χ0n) is 22.3. The molecule has 3 atom stereocenters. The van der Waals surface area contributed by atoms with E-state index in [-0.39, 0.29) is 17.3 Å². The molecule has 5 rings (SSSR count). The highest BCUT2D eigenvalue weighted by Gasteiger charge is 2.60. The first kappa shape index (κ1) is 31.3. The number of carbonyl (C=O) groups excluding carboxylic acids is 2. The van der Waals surface area contributed by atoms with Gasteiger partial charge < -0.3 is 14.2 Å². The molecule has 42 heavy (non-hydrogen) atoms. The summed E-state index contributed by atoms with van der Waals surface area (Å²) in [6.07, 6.45) is 8.06. The van der Waals surface area contributed by atoms with Crippen LogP contribution in [-0.2, 0) is 31.0 Å². The number of esters is 1. The Balaban J connectivity index is 0.000000446. The molecule has 1 aromatic heterocycles. The molecule has 0 radical (unpaired) electrons. The van der Waals surface area contributed by atoms with Crippen molar-refractivity contribution in [3.63, 3.8) is 0 Å². The van der Waals surface area contributed by atoms with Crippen LogP contribution in [0.3, 0.4) is 0 Å². The first-order valence-electron chi connectivity index (χ1n) is 12.7. The number of fused-ring (bicyclic) bond motifs is 1. The van der Waals surface area contributed by atoms with Gasteiger partial charge in [-0.2, -0.15) is 13.2 Å². The second-order valence-electron chi connectivity index (χ2n) is 9.68. The smallest absolute Gasteiger partial charge is 0.485 e. The third-order valence-corrected chi connectivity index (χ3v) is 8.75. The summed E-state index contributed by atoms with van der Waals surface area (Å²) in [5.41, 5.74) is -3.85. The predicted molar refractivity (Wildman–Crippen MR) is 147 cm³/mol. The maximum Gasteiger partial charge on any atom is 0.485 e. The molecule has 2 aliphatic rings. The number of amides is 1. The lowest BCUT2D eigenvalue weighted by atomic mass is 9.95. The Bertz CT molecular complexity index is 1480. The maximum atomic E-state index is 13.7. The summed E-state index contributed by atoms with van der Waals surface area (Å²) in [5, 5.41) is 0.0102. The number of alkyl halides is 3. The van der Waals surface area contributed by atoms with E-state index < -0.39 is 32.5 Å². The van der Waals surface area contributed by atoms with Crippen LogP contribution >= 0.6 is 11.8 Å². The summed E-state index contributed by atoms with van der Waals surface area (Å²) in [4.78, 5) is 27.9. The summed E-state index contributed by atoms with van der Waals surface area (Å²) in [5.74, 6) is -0.370. The molecule has 222 valence electrons. The minimum Gasteiger partial charge on any atom is -0.741 e. The van der Waals surface area contributed by atoms with Crippen LogP contribution in [0.2, 0.25) is 0 Å². The van der Waals surface area contributed by atoms with Gasteiger partial charge in [0.05, 0.1) is 16.5 Å². The second kappa shape index (κ2) is 12.7. The molecule has 0 spiro atoms. The van der Waals surface area contributed by atoms with E-state index in [1.54, 1.807) is 16.7 Å². The number of ether oxygens (including phenoxy) is 1. The van der Waals surface area contributed by atoms with Crippen molar-refractivity contribution in [1.29, 1.82) is 0 Å². The number of benzene rings is 2. The second-order valence-corrected chi connectivity index (χ2v) is 12.7. The lowest BCUT2D eigenvalue weighted by molar-refractivity contribution is -0.687. The number of allylic oxidation sites excluding steroid dienone is 1. The normalized spacial score (nSPS) is 21.9. The van der Waals surface area contributed by atoms with Gasteiger partial charge in [-0.25, -0.2) is 17.8 Å². The highest BCUT2D eigenvalue weighted by Crippen LogP contribution is 2.52. The molecule has 2 fully saturated rings. The van der Waals surface area contributed by atoms with Crippen molar-refractivity contribution in [2.24, 2.45) is 0 Å². The monoisotopic (exact) mass is 620 g/mol. The summed E-state index contributed by atoms with van der Waals surface area (Å²) < 4.78 is 66.6. The van der Waals surface area contributed by atoms with E-state index in [4.69, 9.17) is 17.7 Å². The van der Waals surface area contributed by atoms with Crippen molar-refractivity contribution in [2.75, 3.05) is 0 Å². The number of nitrogens with zero attached hydrogens (tertiary/aromatic N) is 2. The molecule has 0 bridgehead atoms. The molecular weight excluding hydrogens is 593 g/mol. The van der Waals surface area contributed by atoms with E-state index in [9.17, 15) is 22.8 Å². The lowest BCUT2D eigenvalue weighted by Gasteiger charge is -2.38. The zero-order valence-corrected chi connectivity index (χ0v) is 23.9. The summed E-state index contributed by atoms with van der Waals surface area (Å²) >= 11 is 1.66. The van der Waals surface area contributed by atoms with Crippen molar-refractivity contribution in [2.45, 2.75) is 47.7 Å². The minimum atomic E-state index is -6.09. The molecule has 3 heterocycles. The van der Waals surface area contributed by atoms with Crippen molar-refractivity contribution in [3.05, 3.63) is 115 Å². The maximum absolute atomic E-state index is 13.7. The molecule has 2 aliphatic heterocycles. The molecular formula is C29H27F3N2O6S2. The van der Waals surface area contributed by atoms with Gasteiger partial charge in [0, 0.05) is 12.1 Å². The van der Waals surface area contributed by atoms with Gasteiger partial charge >= 0.3 is 11.5 Å². The van der Waals surface area contributed by atoms with Gasteiger partial charge in [0.2, 0.25) is 5.91 Å². The standard InChI is InChI=1S/C28H27N2O3S.CHF3O3S/c1-28(16-11-19-29-17-9-4-10-18-29)26(30-23(31)20-24(30)34-28)27(32)33-25(21-12-5-2-6-13-21)22-14-7-3-8-15-22;2-1(3,4)8(5,6)7/h2-18,24-26H,19-20H2,1H3;(H,5,6,7)/q+1;/p-1/b16-11+;/t24-,26+,28+;/m1./s1. The Labute approximate surface area is 245 Å². The van der Waals surface area contributed by atoms with Crippen LogP contribution in [0.4, 0.5) is 13.2 Å². The Morgan fingerprint density at radius 2 is 1.57 bits per heavy atom. The van der Waals surface area contributed by atoms with Crippen molar-refractivity contribution >= 4 is 33.8 Å². The number of thioether (sulfide) groups is 1. The Morgan fingerprint density at radius 3 is 2.05 bits per heavy atom. The van der Waals surface area contributed by atoms with Gasteiger partial charge in [-0.1, -0.05) is 72.8 Å². The lowest BCUT2D eigenvalue weighted by Crippen LogP contribution is -2.57. The molecule has 1 amide bonds. The molecule has 13 heteroatoms. The molecule has 0 N–H and O–H groups in total. The van der Waals surface area contributed by atoms with Crippen LogP contribution in [0.15, 0.2) is 103 Å². The first-order valence-corrected chi connectivity index (χ1v) is 15.0. The number of rotatable bonds is 7. The predicted octanol–water partition coefficient (Wildman–Crippen LogP) is 4.35. The molecule has 8 nitrogen and oxygen atoms in total. The Morgan fingerprint density at radius 1 is 1.07 bits per heavy atom. The molecule has 2 aromatic carbocycles. The molecule has 2 saturated heterocycles. The molecule has 3 aromatic rings. The van der Waals surface area contributed by atoms with Crippen molar-refractivity contribution < 1.29 is 45.0 Å². The topological polar surface area (TPSA) is 108 Å². The van der Waals surface area contributed by atoms with Crippen LogP contribution in [0, 0.1) is 0 Å². The van der Waals surface area contributed by atoms with Gasteiger partial charge in [0.1, 0.15) is 6.04 Å². The summed E-state index contributed by atoms with van der Waals surface area (Å²) in [6, 6.07) is 24.8. The number of aromatic nitrogens is 1. The van der Waals surface area contributed by atoms with Crippen LogP contribution < -0.4 is 4.57 Å². The number of carbonyl (C=O) groups is 2. The number of halogens is 3. The van der Waals surface area contributed by atoms with Crippen molar-refractivity contribution in [3.8, 4) is 0 Å². The highest BCUT2D eigenvalue weighted by atomic mass is 32.2. The average Bonchev–Trinajstić information content (AvgIpc) is 3.19. The van der Waals surface area contributed by atoms with E-state index in [0.717, 1.165) is 11.1 Å². The Kier molecular flexibility index (Phi) is 9.43. The SMILES string of the molecule is C[C@@]1(/C=C/C[n+]2ccccc2)S[C@@H]2CC(=O)N2[C@H]1C(=O)OC(c1ccccc1)c1ccccc1.O=S(=O)([O-])C(F)(F)F. The molecule has 0 aliphatic carbocycles. The van der Waals surface area contributed by atoms with E-state index in [1.807, 2.05) is 98.2 Å². The number of hydrogen-bond donors (Lipinski definition) is 0. The molecule has 0 unspecified atom stereocenters. The van der Waals surface area contributed by atoms with Gasteiger partial charge in [-0.3, -0.25) is 4.79 Å². The third kappa shape index (κ3) is 7.20. The minimum absolute atomic E-state index is 0.00461. The Hall–Kier alpha value is -3.68. The van der Waals surface area contributed by atoms with Crippen LogP contribution in [0.5, 0.6) is 0 Å². The fourth-order valence-electron chi connectivity index (χ4n) is 4.65. The van der Waals surface area contributed by atoms with E-state index in [0.29, 0.717) is 13.0 Å². The first-order chi connectivity index (χ1) is 19.8. The van der Waals surface area contributed by atoms with Crippen molar-refractivity contribution in [1.82, 2.24) is 4.90 Å².